The zero-order chi connectivity index (χ0) is 14.8. The number of carbonyl (C=O) groups is 1. The van der Waals surface area contributed by atoms with Crippen molar-refractivity contribution in [1.29, 1.82) is 0 Å². The Hall–Kier alpha value is -1.25. The van der Waals surface area contributed by atoms with Gasteiger partial charge in [0.1, 0.15) is 5.92 Å². The Kier molecular flexibility index (Phi) is 8.08. The van der Waals surface area contributed by atoms with E-state index in [0.717, 1.165) is 12.0 Å². The summed E-state index contributed by atoms with van der Waals surface area (Å²) in [7, 11) is -0.672. The molecule has 0 fully saturated rings. The highest BCUT2D eigenvalue weighted by Gasteiger charge is 2.35. The molecule has 0 bridgehead atoms. The number of hydrogen-bond donors (Lipinski definition) is 0. The maximum Gasteiger partial charge on any atom is 0.357 e. The molecule has 0 saturated heterocycles. The predicted octanol–water partition coefficient (Wildman–Crippen LogP) is 3.19. The van der Waals surface area contributed by atoms with Crippen LogP contribution >= 0.6 is 8.46 Å². The van der Waals surface area contributed by atoms with Crippen LogP contribution in [0, 0.1) is 5.92 Å². The van der Waals surface area contributed by atoms with Crippen molar-refractivity contribution in [3.8, 4) is 0 Å². The summed E-state index contributed by atoms with van der Waals surface area (Å²) in [4.78, 5) is 12.0. The summed E-state index contributed by atoms with van der Waals surface area (Å²) in [6, 6.07) is 9.90. The first-order valence-electron chi connectivity index (χ1n) is 6.92. The molecule has 0 aliphatic rings. The molecule has 4 nitrogen and oxygen atoms in total. The van der Waals surface area contributed by atoms with E-state index in [1.165, 1.54) is 0 Å². The summed E-state index contributed by atoms with van der Waals surface area (Å²) in [6.45, 7) is 4.34. The molecule has 1 rings (SSSR count). The van der Waals surface area contributed by atoms with E-state index >= 15 is 0 Å². The molecule has 3 atom stereocenters. The van der Waals surface area contributed by atoms with Gasteiger partial charge >= 0.3 is 14.4 Å². The molecule has 0 aliphatic carbocycles. The highest BCUT2D eigenvalue weighted by molar-refractivity contribution is 7.24. The largest absolute Gasteiger partial charge is 0.466 e. The topological polar surface area (TPSA) is 52.6 Å². The van der Waals surface area contributed by atoms with Gasteiger partial charge in [-0.15, -0.1) is 0 Å². The minimum atomic E-state index is -0.672. The summed E-state index contributed by atoms with van der Waals surface area (Å²) in [5.41, 5.74) is 1.14. The Morgan fingerprint density at radius 3 is 2.45 bits per heavy atom. The molecule has 1 aromatic carbocycles. The van der Waals surface area contributed by atoms with Crippen molar-refractivity contribution in [3.63, 3.8) is 0 Å². The molecular formula is C15H22O4P+. The van der Waals surface area contributed by atoms with Crippen molar-refractivity contribution in [1.82, 2.24) is 0 Å². The van der Waals surface area contributed by atoms with Crippen molar-refractivity contribution < 1.29 is 18.8 Å². The Bertz CT molecular complexity index is 408. The predicted molar refractivity (Wildman–Crippen MR) is 79.3 cm³/mol. The second-order valence-corrected chi connectivity index (χ2v) is 5.18. The third-order valence-corrected chi connectivity index (χ3v) is 3.81. The third kappa shape index (κ3) is 5.40. The van der Waals surface area contributed by atoms with Crippen LogP contribution in [0.2, 0.25) is 0 Å². The smallest absolute Gasteiger partial charge is 0.357 e. The van der Waals surface area contributed by atoms with Crippen molar-refractivity contribution in [2.45, 2.75) is 32.5 Å². The number of ether oxygens (including phenoxy) is 2. The summed E-state index contributed by atoms with van der Waals surface area (Å²) >= 11 is 0. The Morgan fingerprint density at radius 1 is 1.20 bits per heavy atom. The quantitative estimate of drug-likeness (QED) is 0.519. The fraction of sp³-hybridized carbons (Fsp3) is 0.533. The fourth-order valence-corrected chi connectivity index (χ4v) is 2.72. The normalized spacial score (nSPS) is 13.9. The summed E-state index contributed by atoms with van der Waals surface area (Å²) in [5, 5.41) is 0. The molecule has 0 heterocycles. The molecule has 0 radical (unpaired) electrons. The van der Waals surface area contributed by atoms with Gasteiger partial charge in [-0.3, -0.25) is 4.79 Å². The SMILES string of the molecule is CCOC(=O)C(CCc1ccccc1)C(OCC)[PH+]=O. The monoisotopic (exact) mass is 297 g/mol. The van der Waals surface area contributed by atoms with E-state index < -0.39 is 20.2 Å². The molecule has 0 spiro atoms. The molecular weight excluding hydrogens is 275 g/mol. The lowest BCUT2D eigenvalue weighted by atomic mass is 10.00. The first-order chi connectivity index (χ1) is 9.72. The van der Waals surface area contributed by atoms with Crippen LogP contribution in [0.15, 0.2) is 30.3 Å². The molecule has 3 unspecified atom stereocenters. The molecule has 5 heteroatoms. The van der Waals surface area contributed by atoms with Gasteiger partial charge in [0.15, 0.2) is 0 Å². The maximum atomic E-state index is 12.0. The molecule has 0 aliphatic heterocycles. The number of carbonyl (C=O) groups excluding carboxylic acids is 1. The Labute approximate surface area is 121 Å². The van der Waals surface area contributed by atoms with E-state index in [9.17, 15) is 9.36 Å². The molecule has 0 saturated carbocycles. The first-order valence-corrected chi connectivity index (χ1v) is 7.91. The highest BCUT2D eigenvalue weighted by Crippen LogP contribution is 2.25. The lowest BCUT2D eigenvalue weighted by molar-refractivity contribution is -0.151. The lowest BCUT2D eigenvalue weighted by Crippen LogP contribution is -2.29. The van der Waals surface area contributed by atoms with Gasteiger partial charge in [0, 0.05) is 6.61 Å². The Morgan fingerprint density at radius 2 is 1.90 bits per heavy atom. The minimum absolute atomic E-state index is 0.321. The number of aryl methyl sites for hydroxylation is 1. The second kappa shape index (κ2) is 9.62. The average molecular weight is 297 g/mol. The van der Waals surface area contributed by atoms with Crippen LogP contribution in [0.1, 0.15) is 25.8 Å². The minimum Gasteiger partial charge on any atom is -0.466 e. The van der Waals surface area contributed by atoms with Gasteiger partial charge in [0.2, 0.25) is 0 Å². The average Bonchev–Trinajstić information content (AvgIpc) is 2.47. The van der Waals surface area contributed by atoms with Gasteiger partial charge in [-0.05, 0) is 32.3 Å². The van der Waals surface area contributed by atoms with Crippen molar-refractivity contribution in [3.05, 3.63) is 35.9 Å². The van der Waals surface area contributed by atoms with Crippen LogP contribution in [0.5, 0.6) is 0 Å². The van der Waals surface area contributed by atoms with Crippen LogP contribution in [-0.4, -0.2) is 25.0 Å². The van der Waals surface area contributed by atoms with Gasteiger partial charge < -0.3 is 9.47 Å². The molecule has 1 aromatic rings. The van der Waals surface area contributed by atoms with E-state index in [0.29, 0.717) is 19.6 Å². The van der Waals surface area contributed by atoms with Gasteiger partial charge in [-0.1, -0.05) is 34.9 Å². The van der Waals surface area contributed by atoms with Crippen LogP contribution in [0.25, 0.3) is 0 Å². The molecule has 0 amide bonds. The zero-order valence-corrected chi connectivity index (χ0v) is 13.0. The molecule has 0 aromatic heterocycles. The number of esters is 1. The molecule has 110 valence electrons. The fourth-order valence-electron chi connectivity index (χ4n) is 2.02. The first kappa shape index (κ1) is 16.8. The van der Waals surface area contributed by atoms with Crippen LogP contribution in [0.4, 0.5) is 0 Å². The van der Waals surface area contributed by atoms with E-state index in [1.807, 2.05) is 37.3 Å². The van der Waals surface area contributed by atoms with E-state index in [4.69, 9.17) is 9.47 Å². The van der Waals surface area contributed by atoms with E-state index in [2.05, 4.69) is 0 Å². The summed E-state index contributed by atoms with van der Waals surface area (Å²) in [5.74, 6) is -1.39. The Balaban J connectivity index is 2.71. The van der Waals surface area contributed by atoms with Crippen LogP contribution in [-0.2, 0) is 25.3 Å². The van der Waals surface area contributed by atoms with Gasteiger partial charge in [-0.2, -0.15) is 0 Å². The molecule has 0 N–H and O–H groups in total. The maximum absolute atomic E-state index is 12.0. The van der Waals surface area contributed by atoms with Crippen molar-refractivity contribution >= 4 is 14.4 Å². The van der Waals surface area contributed by atoms with Crippen LogP contribution in [0.3, 0.4) is 0 Å². The standard InChI is InChI=1S/C15H21O4P/c1-3-18-14(16)13(15(20-17)19-4-2)11-10-12-8-6-5-7-9-12/h5-9,13,15H,3-4,10-11H2,1-2H3/p+1. The van der Waals surface area contributed by atoms with E-state index in [-0.39, 0.29) is 5.97 Å². The van der Waals surface area contributed by atoms with E-state index in [1.54, 1.807) is 6.92 Å². The van der Waals surface area contributed by atoms with Crippen LogP contribution < -0.4 is 0 Å². The van der Waals surface area contributed by atoms with Crippen molar-refractivity contribution in [2.24, 2.45) is 5.92 Å². The second-order valence-electron chi connectivity index (χ2n) is 4.38. The number of hydrogen-bond acceptors (Lipinski definition) is 4. The molecule has 20 heavy (non-hydrogen) atoms. The number of benzene rings is 1. The summed E-state index contributed by atoms with van der Waals surface area (Å²) < 4.78 is 21.8. The third-order valence-electron chi connectivity index (χ3n) is 3.00. The van der Waals surface area contributed by atoms with Gasteiger partial charge in [-0.25, -0.2) is 0 Å². The zero-order valence-electron chi connectivity index (χ0n) is 12.0. The summed E-state index contributed by atoms with van der Waals surface area (Å²) in [6.07, 6.45) is 1.31. The van der Waals surface area contributed by atoms with Gasteiger partial charge in [0.25, 0.3) is 5.85 Å². The lowest BCUT2D eigenvalue weighted by Gasteiger charge is -2.16. The number of rotatable bonds is 9. The van der Waals surface area contributed by atoms with Gasteiger partial charge in [0.05, 0.1) is 6.61 Å². The highest BCUT2D eigenvalue weighted by atomic mass is 31.1. The van der Waals surface area contributed by atoms with Crippen molar-refractivity contribution in [2.75, 3.05) is 13.2 Å².